The smallest absolute Gasteiger partial charge is 0.301 e. The highest BCUT2D eigenvalue weighted by molar-refractivity contribution is 7.11. The topological polar surface area (TPSA) is 66.8 Å². The summed E-state index contributed by atoms with van der Waals surface area (Å²) in [5.41, 5.74) is 1.47. The third kappa shape index (κ3) is 3.22. The second kappa shape index (κ2) is 7.09. The van der Waals surface area contributed by atoms with Crippen LogP contribution in [0.15, 0.2) is 77.9 Å². The second-order valence-corrected chi connectivity index (χ2v) is 6.86. The fraction of sp³-hybridized carbons (Fsp3) is 0.0476. The first-order valence-corrected chi connectivity index (χ1v) is 9.16. The fourth-order valence-electron chi connectivity index (χ4n) is 2.83. The van der Waals surface area contributed by atoms with Crippen molar-refractivity contribution in [2.24, 2.45) is 0 Å². The third-order valence-electron chi connectivity index (χ3n) is 4.17. The molecule has 6 heteroatoms. The lowest BCUT2D eigenvalue weighted by atomic mass is 10.2. The number of hydrogen-bond acceptors (Lipinski definition) is 5. The molecule has 0 spiro atoms. The summed E-state index contributed by atoms with van der Waals surface area (Å²) in [6.45, 7) is 0.423. The number of ether oxygens (including phenoxy) is 1. The van der Waals surface area contributed by atoms with Gasteiger partial charge in [0.1, 0.15) is 17.9 Å². The van der Waals surface area contributed by atoms with E-state index in [-0.39, 0.29) is 5.57 Å². The highest BCUT2D eigenvalue weighted by atomic mass is 32.1. The van der Waals surface area contributed by atoms with Gasteiger partial charge in [-0.15, -0.1) is 11.3 Å². The Bertz CT molecular complexity index is 1010. The first kappa shape index (κ1) is 17.1. The molecule has 0 saturated carbocycles. The Morgan fingerprint density at radius 3 is 2.30 bits per heavy atom. The predicted molar refractivity (Wildman–Crippen MR) is 104 cm³/mol. The molecule has 1 aromatic heterocycles. The summed E-state index contributed by atoms with van der Waals surface area (Å²) >= 11 is 1.30. The first-order valence-electron chi connectivity index (χ1n) is 8.28. The van der Waals surface area contributed by atoms with E-state index >= 15 is 0 Å². The van der Waals surface area contributed by atoms with Crippen LogP contribution in [-0.2, 0) is 16.2 Å². The first-order chi connectivity index (χ1) is 13.1. The van der Waals surface area contributed by atoms with E-state index in [0.717, 1.165) is 10.5 Å². The molecule has 134 valence electrons. The van der Waals surface area contributed by atoms with E-state index < -0.39 is 17.6 Å². The van der Waals surface area contributed by atoms with Crippen LogP contribution >= 0.6 is 11.3 Å². The molecule has 0 unspecified atom stereocenters. The SMILES string of the molecule is O=C1C(O)=C(c2cccs2)C(=O)N1c1ccc(OCc2ccccc2)cc1. The number of amides is 2. The molecule has 1 aliphatic heterocycles. The van der Waals surface area contributed by atoms with Crippen molar-refractivity contribution in [3.05, 3.63) is 88.3 Å². The highest BCUT2D eigenvalue weighted by Crippen LogP contribution is 2.34. The maximum atomic E-state index is 12.7. The Morgan fingerprint density at radius 1 is 0.889 bits per heavy atom. The van der Waals surface area contributed by atoms with Gasteiger partial charge in [0.25, 0.3) is 5.91 Å². The third-order valence-corrected chi connectivity index (χ3v) is 5.06. The van der Waals surface area contributed by atoms with Crippen molar-refractivity contribution < 1.29 is 19.4 Å². The van der Waals surface area contributed by atoms with Crippen LogP contribution in [0.5, 0.6) is 5.75 Å². The minimum Gasteiger partial charge on any atom is -0.502 e. The van der Waals surface area contributed by atoms with Gasteiger partial charge in [-0.05, 0) is 41.3 Å². The molecule has 1 aliphatic rings. The maximum absolute atomic E-state index is 12.7. The Morgan fingerprint density at radius 2 is 1.63 bits per heavy atom. The summed E-state index contributed by atoms with van der Waals surface area (Å²) in [7, 11) is 0. The molecule has 0 fully saturated rings. The van der Waals surface area contributed by atoms with Crippen LogP contribution in [0.4, 0.5) is 5.69 Å². The zero-order valence-electron chi connectivity index (χ0n) is 14.2. The molecule has 1 N–H and O–H groups in total. The molecule has 3 aromatic rings. The van der Waals surface area contributed by atoms with E-state index in [4.69, 9.17) is 4.74 Å². The summed E-state index contributed by atoms with van der Waals surface area (Å²) < 4.78 is 5.72. The summed E-state index contributed by atoms with van der Waals surface area (Å²) in [4.78, 5) is 26.6. The van der Waals surface area contributed by atoms with Crippen LogP contribution in [-0.4, -0.2) is 16.9 Å². The Kier molecular flexibility index (Phi) is 4.48. The number of hydrogen-bond donors (Lipinski definition) is 1. The van der Waals surface area contributed by atoms with Crippen molar-refractivity contribution in [1.82, 2.24) is 0 Å². The number of imide groups is 1. The number of nitrogens with zero attached hydrogens (tertiary/aromatic N) is 1. The zero-order chi connectivity index (χ0) is 18.8. The van der Waals surface area contributed by atoms with E-state index in [0.29, 0.717) is 22.9 Å². The summed E-state index contributed by atoms with van der Waals surface area (Å²) in [6.07, 6.45) is 0. The summed E-state index contributed by atoms with van der Waals surface area (Å²) in [6, 6.07) is 19.9. The predicted octanol–water partition coefficient (Wildman–Crippen LogP) is 4.17. The second-order valence-electron chi connectivity index (χ2n) is 5.91. The van der Waals surface area contributed by atoms with E-state index in [2.05, 4.69) is 0 Å². The van der Waals surface area contributed by atoms with Crippen molar-refractivity contribution in [2.75, 3.05) is 4.90 Å². The van der Waals surface area contributed by atoms with Gasteiger partial charge in [0, 0.05) is 4.88 Å². The molecule has 4 rings (SSSR count). The zero-order valence-corrected chi connectivity index (χ0v) is 15.0. The minimum absolute atomic E-state index is 0.0411. The number of anilines is 1. The average molecular weight is 377 g/mol. The molecule has 2 aromatic carbocycles. The normalized spacial score (nSPS) is 14.1. The lowest BCUT2D eigenvalue weighted by Gasteiger charge is -2.15. The van der Waals surface area contributed by atoms with E-state index in [1.165, 1.54) is 11.3 Å². The molecule has 0 atom stereocenters. The van der Waals surface area contributed by atoms with Crippen LogP contribution in [0, 0.1) is 0 Å². The monoisotopic (exact) mass is 377 g/mol. The molecule has 0 radical (unpaired) electrons. The molecular formula is C21H15NO4S. The molecule has 27 heavy (non-hydrogen) atoms. The number of rotatable bonds is 5. The lowest BCUT2D eigenvalue weighted by molar-refractivity contribution is -0.121. The molecular weight excluding hydrogens is 362 g/mol. The average Bonchev–Trinajstić information content (AvgIpc) is 3.29. The lowest BCUT2D eigenvalue weighted by Crippen LogP contribution is -2.31. The van der Waals surface area contributed by atoms with Crippen molar-refractivity contribution >= 4 is 34.4 Å². The molecule has 2 amide bonds. The standard InChI is InChI=1S/C21H15NO4S/c23-19-18(17-7-4-12-27-17)20(24)22(21(19)25)15-8-10-16(11-9-15)26-13-14-5-2-1-3-6-14/h1-12,23H,13H2. The van der Waals surface area contributed by atoms with Crippen molar-refractivity contribution in [3.63, 3.8) is 0 Å². The molecule has 5 nitrogen and oxygen atoms in total. The van der Waals surface area contributed by atoms with Crippen LogP contribution in [0.1, 0.15) is 10.4 Å². The number of aliphatic hydroxyl groups excluding tert-OH is 1. The van der Waals surface area contributed by atoms with Crippen molar-refractivity contribution in [2.45, 2.75) is 6.61 Å². The van der Waals surface area contributed by atoms with Gasteiger partial charge >= 0.3 is 5.91 Å². The Labute approximate surface area is 159 Å². The fourth-order valence-corrected chi connectivity index (χ4v) is 3.59. The van der Waals surface area contributed by atoms with Gasteiger partial charge < -0.3 is 9.84 Å². The van der Waals surface area contributed by atoms with Crippen LogP contribution in [0.2, 0.25) is 0 Å². The van der Waals surface area contributed by atoms with E-state index in [9.17, 15) is 14.7 Å². The number of aliphatic hydroxyl groups is 1. The van der Waals surface area contributed by atoms with Crippen molar-refractivity contribution in [3.8, 4) is 5.75 Å². The van der Waals surface area contributed by atoms with E-state index in [1.54, 1.807) is 41.8 Å². The highest BCUT2D eigenvalue weighted by Gasteiger charge is 2.40. The van der Waals surface area contributed by atoms with Gasteiger partial charge in [0.2, 0.25) is 0 Å². The van der Waals surface area contributed by atoms with Crippen LogP contribution < -0.4 is 9.64 Å². The Balaban J connectivity index is 1.51. The number of thiophene rings is 1. The summed E-state index contributed by atoms with van der Waals surface area (Å²) in [5.74, 6) is -1.15. The van der Waals surface area contributed by atoms with E-state index in [1.807, 2.05) is 30.3 Å². The number of carbonyl (C=O) groups is 2. The maximum Gasteiger partial charge on any atom is 0.301 e. The van der Waals surface area contributed by atoms with Gasteiger partial charge in [0.05, 0.1) is 5.69 Å². The number of benzene rings is 2. The van der Waals surface area contributed by atoms with Gasteiger partial charge in [-0.1, -0.05) is 36.4 Å². The molecule has 0 bridgehead atoms. The summed E-state index contributed by atoms with van der Waals surface area (Å²) in [5, 5.41) is 11.9. The van der Waals surface area contributed by atoms with Crippen molar-refractivity contribution in [1.29, 1.82) is 0 Å². The molecule has 0 saturated heterocycles. The number of carbonyl (C=O) groups excluding carboxylic acids is 2. The quantitative estimate of drug-likeness (QED) is 0.678. The minimum atomic E-state index is -0.721. The molecule has 0 aliphatic carbocycles. The van der Waals surface area contributed by atoms with Crippen LogP contribution in [0.25, 0.3) is 5.57 Å². The Hall–Kier alpha value is -3.38. The molecule has 2 heterocycles. The van der Waals surface area contributed by atoms with Gasteiger partial charge in [-0.25, -0.2) is 4.90 Å². The van der Waals surface area contributed by atoms with Gasteiger partial charge in [0.15, 0.2) is 5.76 Å². The van der Waals surface area contributed by atoms with Crippen LogP contribution in [0.3, 0.4) is 0 Å². The van der Waals surface area contributed by atoms with Gasteiger partial charge in [-0.3, -0.25) is 9.59 Å². The van der Waals surface area contributed by atoms with Gasteiger partial charge in [-0.2, -0.15) is 0 Å². The largest absolute Gasteiger partial charge is 0.502 e.